The lowest BCUT2D eigenvalue weighted by Crippen LogP contribution is -2.23. The molecule has 1 aromatic heterocycles. The number of rotatable bonds is 4. The molecule has 0 saturated carbocycles. The van der Waals surface area contributed by atoms with E-state index in [2.05, 4.69) is 0 Å². The normalized spacial score (nSPS) is 12.2. The molecule has 0 aliphatic carbocycles. The van der Waals surface area contributed by atoms with Crippen molar-refractivity contribution in [3.8, 4) is 5.75 Å². The first-order chi connectivity index (χ1) is 8.97. The van der Waals surface area contributed by atoms with Gasteiger partial charge in [-0.05, 0) is 56.2 Å². The average Bonchev–Trinajstić information content (AvgIpc) is 2.79. The average molecular weight is 295 g/mol. The van der Waals surface area contributed by atoms with Crippen LogP contribution in [0.4, 0.5) is 0 Å². The van der Waals surface area contributed by atoms with E-state index in [1.807, 2.05) is 32.0 Å². The largest absolute Gasteiger partial charge is 0.483 e. The number of benzene rings is 1. The lowest BCUT2D eigenvalue weighted by Gasteiger charge is -2.13. The first-order valence-electron chi connectivity index (χ1n) is 6.01. The third-order valence-corrected chi connectivity index (χ3v) is 4.22. The molecule has 0 amide bonds. The van der Waals surface area contributed by atoms with Crippen LogP contribution in [0.15, 0.2) is 30.3 Å². The second-order valence-corrected chi connectivity index (χ2v) is 6.19. The minimum Gasteiger partial charge on any atom is -0.483 e. The number of hydrogen-bond donors (Lipinski definition) is 0. The van der Waals surface area contributed by atoms with Crippen molar-refractivity contribution < 1.29 is 9.53 Å². The van der Waals surface area contributed by atoms with Crippen LogP contribution in [0, 0.1) is 13.8 Å². The lowest BCUT2D eigenvalue weighted by atomic mass is 10.1. The standard InChI is InChI=1S/C15H15ClO2S/c1-9-4-5-12(8-10(9)2)18-11(3)15(17)13-6-7-14(16)19-13/h4-8,11H,1-3H3. The summed E-state index contributed by atoms with van der Waals surface area (Å²) in [5, 5.41) is 0. The molecule has 0 aliphatic heterocycles. The molecule has 0 aliphatic rings. The molecule has 2 aromatic rings. The lowest BCUT2D eigenvalue weighted by molar-refractivity contribution is 0.0822. The summed E-state index contributed by atoms with van der Waals surface area (Å²) in [5.41, 5.74) is 2.35. The van der Waals surface area contributed by atoms with Crippen molar-refractivity contribution in [2.75, 3.05) is 0 Å². The number of halogens is 1. The van der Waals surface area contributed by atoms with Crippen LogP contribution in [0.25, 0.3) is 0 Å². The molecular weight excluding hydrogens is 280 g/mol. The predicted octanol–water partition coefficient (Wildman–Crippen LogP) is 4.67. The van der Waals surface area contributed by atoms with Crippen molar-refractivity contribution in [2.24, 2.45) is 0 Å². The minimum absolute atomic E-state index is 0.0462. The molecule has 1 heterocycles. The summed E-state index contributed by atoms with van der Waals surface area (Å²) in [4.78, 5) is 12.8. The summed E-state index contributed by atoms with van der Waals surface area (Å²) in [7, 11) is 0. The molecule has 0 saturated heterocycles. The fourth-order valence-electron chi connectivity index (χ4n) is 1.69. The topological polar surface area (TPSA) is 26.3 Å². The van der Waals surface area contributed by atoms with Gasteiger partial charge < -0.3 is 4.74 Å². The first-order valence-corrected chi connectivity index (χ1v) is 7.20. The van der Waals surface area contributed by atoms with Crippen molar-refractivity contribution in [1.29, 1.82) is 0 Å². The van der Waals surface area contributed by atoms with Crippen LogP contribution in [0.1, 0.15) is 27.7 Å². The smallest absolute Gasteiger partial charge is 0.212 e. The van der Waals surface area contributed by atoms with Crippen molar-refractivity contribution in [1.82, 2.24) is 0 Å². The van der Waals surface area contributed by atoms with Gasteiger partial charge in [0.15, 0.2) is 6.10 Å². The Morgan fingerprint density at radius 2 is 1.95 bits per heavy atom. The second-order valence-electron chi connectivity index (χ2n) is 4.47. The van der Waals surface area contributed by atoms with Crippen LogP contribution in [-0.2, 0) is 0 Å². The monoisotopic (exact) mass is 294 g/mol. The fourth-order valence-corrected chi connectivity index (χ4v) is 2.75. The predicted molar refractivity (Wildman–Crippen MR) is 79.7 cm³/mol. The summed E-state index contributed by atoms with van der Waals surface area (Å²) in [6.07, 6.45) is -0.517. The van der Waals surface area contributed by atoms with Crippen molar-refractivity contribution in [3.05, 3.63) is 50.7 Å². The molecule has 0 spiro atoms. The van der Waals surface area contributed by atoms with Gasteiger partial charge in [0.25, 0.3) is 0 Å². The summed E-state index contributed by atoms with van der Waals surface area (Å²) >= 11 is 7.11. The van der Waals surface area contributed by atoms with Crippen LogP contribution in [-0.4, -0.2) is 11.9 Å². The highest BCUT2D eigenvalue weighted by atomic mass is 35.5. The van der Waals surface area contributed by atoms with Gasteiger partial charge in [-0.15, -0.1) is 11.3 Å². The highest BCUT2D eigenvalue weighted by Gasteiger charge is 2.18. The van der Waals surface area contributed by atoms with E-state index in [4.69, 9.17) is 16.3 Å². The van der Waals surface area contributed by atoms with E-state index < -0.39 is 6.10 Å². The number of carbonyl (C=O) groups is 1. The van der Waals surface area contributed by atoms with Crippen LogP contribution < -0.4 is 4.74 Å². The van der Waals surface area contributed by atoms with Crippen molar-refractivity contribution in [2.45, 2.75) is 26.9 Å². The summed E-state index contributed by atoms with van der Waals surface area (Å²) < 4.78 is 6.30. The number of carbonyl (C=O) groups excluding carboxylic acids is 1. The molecule has 0 N–H and O–H groups in total. The molecule has 1 aromatic carbocycles. The van der Waals surface area contributed by atoms with E-state index in [9.17, 15) is 4.79 Å². The summed E-state index contributed by atoms with van der Waals surface area (Å²) in [5.74, 6) is 0.668. The van der Waals surface area contributed by atoms with E-state index in [0.717, 1.165) is 5.56 Å². The molecule has 1 atom stereocenters. The SMILES string of the molecule is Cc1ccc(OC(C)C(=O)c2ccc(Cl)s2)cc1C. The Morgan fingerprint density at radius 3 is 2.53 bits per heavy atom. The highest BCUT2D eigenvalue weighted by molar-refractivity contribution is 7.18. The molecule has 0 bridgehead atoms. The first kappa shape index (κ1) is 14.1. The van der Waals surface area contributed by atoms with Gasteiger partial charge in [-0.3, -0.25) is 4.79 Å². The second kappa shape index (κ2) is 5.76. The van der Waals surface area contributed by atoms with E-state index in [-0.39, 0.29) is 5.78 Å². The zero-order chi connectivity index (χ0) is 14.0. The molecule has 2 rings (SSSR count). The van der Waals surface area contributed by atoms with E-state index >= 15 is 0 Å². The number of aryl methyl sites for hydroxylation is 2. The van der Waals surface area contributed by atoms with Gasteiger partial charge in [-0.2, -0.15) is 0 Å². The Hall–Kier alpha value is -1.32. The van der Waals surface area contributed by atoms with Crippen LogP contribution in [0.3, 0.4) is 0 Å². The molecule has 100 valence electrons. The van der Waals surface area contributed by atoms with Crippen molar-refractivity contribution in [3.63, 3.8) is 0 Å². The summed E-state index contributed by atoms with van der Waals surface area (Å²) in [6.45, 7) is 5.82. The number of ether oxygens (including phenoxy) is 1. The maximum atomic E-state index is 12.1. The highest BCUT2D eigenvalue weighted by Crippen LogP contribution is 2.24. The van der Waals surface area contributed by atoms with Crippen molar-refractivity contribution >= 4 is 28.7 Å². The number of Topliss-reactive ketones (excluding diaryl/α,β-unsaturated/α-hetero) is 1. The maximum Gasteiger partial charge on any atom is 0.212 e. The summed E-state index contributed by atoms with van der Waals surface area (Å²) in [6, 6.07) is 9.27. The van der Waals surface area contributed by atoms with Gasteiger partial charge in [0.1, 0.15) is 5.75 Å². The Kier molecular flexibility index (Phi) is 4.27. The van der Waals surface area contributed by atoms with Gasteiger partial charge in [0.2, 0.25) is 5.78 Å². The van der Waals surface area contributed by atoms with Gasteiger partial charge in [0.05, 0.1) is 9.21 Å². The van der Waals surface area contributed by atoms with Gasteiger partial charge in [-0.25, -0.2) is 0 Å². The zero-order valence-corrected chi connectivity index (χ0v) is 12.6. The van der Waals surface area contributed by atoms with Crippen LogP contribution >= 0.6 is 22.9 Å². The third-order valence-electron chi connectivity index (χ3n) is 2.98. The van der Waals surface area contributed by atoms with Gasteiger partial charge in [-0.1, -0.05) is 17.7 Å². The molecule has 2 nitrogen and oxygen atoms in total. The minimum atomic E-state index is -0.517. The Morgan fingerprint density at radius 1 is 1.21 bits per heavy atom. The molecule has 0 radical (unpaired) electrons. The maximum absolute atomic E-state index is 12.1. The van der Waals surface area contributed by atoms with Crippen LogP contribution in [0.5, 0.6) is 5.75 Å². The molecule has 4 heteroatoms. The Labute approximate surface area is 122 Å². The van der Waals surface area contributed by atoms with Gasteiger partial charge >= 0.3 is 0 Å². The van der Waals surface area contributed by atoms with E-state index in [0.29, 0.717) is 15.0 Å². The quantitative estimate of drug-likeness (QED) is 0.766. The van der Waals surface area contributed by atoms with E-state index in [1.54, 1.807) is 19.1 Å². The zero-order valence-electron chi connectivity index (χ0n) is 11.1. The molecule has 19 heavy (non-hydrogen) atoms. The van der Waals surface area contributed by atoms with Crippen LogP contribution in [0.2, 0.25) is 4.34 Å². The third kappa shape index (κ3) is 3.37. The van der Waals surface area contributed by atoms with Gasteiger partial charge in [0, 0.05) is 0 Å². The Balaban J connectivity index is 2.10. The number of thiophene rings is 1. The number of hydrogen-bond acceptors (Lipinski definition) is 3. The molecule has 0 fully saturated rings. The van der Waals surface area contributed by atoms with E-state index in [1.165, 1.54) is 16.9 Å². The fraction of sp³-hybridized carbons (Fsp3) is 0.267. The molecule has 1 unspecified atom stereocenters. The molecular formula is C15H15ClO2S. The number of ketones is 1. The Bertz CT molecular complexity index is 604.